The van der Waals surface area contributed by atoms with Crippen LogP contribution in [0.25, 0.3) is 0 Å². The van der Waals surface area contributed by atoms with Gasteiger partial charge in [-0.2, -0.15) is 0 Å². The number of hydrogen-bond donors (Lipinski definition) is 1. The molecule has 0 bridgehead atoms. The predicted octanol–water partition coefficient (Wildman–Crippen LogP) is 3.32. The first-order valence-electron chi connectivity index (χ1n) is 6.81. The van der Waals surface area contributed by atoms with E-state index in [1.54, 1.807) is 0 Å². The Kier molecular flexibility index (Phi) is 4.08. The standard InChI is InChI=1S/C17H23OP/c1-13(2)19(18,16-9-5-14(3)6-10-16)17-11-7-15(4)8-12-17/h5-13,18-19H,1-4H3. The van der Waals surface area contributed by atoms with E-state index in [0.717, 1.165) is 10.6 Å². The van der Waals surface area contributed by atoms with E-state index in [9.17, 15) is 4.89 Å². The second kappa shape index (κ2) is 5.45. The third kappa shape index (κ3) is 2.73. The second-order valence-corrected chi connectivity index (χ2v) is 9.50. The maximum atomic E-state index is 11.4. The van der Waals surface area contributed by atoms with E-state index in [2.05, 4.69) is 76.2 Å². The van der Waals surface area contributed by atoms with Gasteiger partial charge in [0.05, 0.1) is 0 Å². The first kappa shape index (κ1) is 14.2. The van der Waals surface area contributed by atoms with Crippen molar-refractivity contribution in [2.45, 2.75) is 33.4 Å². The molecule has 0 aliphatic heterocycles. The summed E-state index contributed by atoms with van der Waals surface area (Å²) in [6, 6.07) is 16.7. The topological polar surface area (TPSA) is 20.2 Å². The zero-order valence-corrected chi connectivity index (χ0v) is 13.1. The number of aryl methyl sites for hydroxylation is 2. The van der Waals surface area contributed by atoms with Gasteiger partial charge in [0.25, 0.3) is 0 Å². The molecular formula is C17H23OP. The second-order valence-electron chi connectivity index (χ2n) is 5.65. The molecule has 0 unspecified atom stereocenters. The molecular weight excluding hydrogens is 251 g/mol. The van der Waals surface area contributed by atoms with Crippen LogP contribution < -0.4 is 10.6 Å². The summed E-state index contributed by atoms with van der Waals surface area (Å²) in [5.74, 6) is 0. The summed E-state index contributed by atoms with van der Waals surface area (Å²) in [6.07, 6.45) is 0. The molecule has 19 heavy (non-hydrogen) atoms. The van der Waals surface area contributed by atoms with Crippen molar-refractivity contribution >= 4 is 18.1 Å². The fraction of sp³-hybridized carbons (Fsp3) is 0.294. The Morgan fingerprint density at radius 3 is 1.32 bits per heavy atom. The zero-order valence-electron chi connectivity index (χ0n) is 12.1. The Bertz CT molecular complexity index is 495. The van der Waals surface area contributed by atoms with E-state index in [0.29, 0.717) is 0 Å². The molecule has 0 aromatic heterocycles. The number of benzene rings is 2. The van der Waals surface area contributed by atoms with Crippen LogP contribution >= 0.6 is 7.49 Å². The Morgan fingerprint density at radius 1 is 0.737 bits per heavy atom. The average Bonchev–Trinajstić information content (AvgIpc) is 2.39. The third-order valence-corrected chi connectivity index (χ3v) is 7.92. The molecule has 0 radical (unpaired) electrons. The summed E-state index contributed by atoms with van der Waals surface area (Å²) < 4.78 is 0. The summed E-state index contributed by atoms with van der Waals surface area (Å²) in [5, 5.41) is 2.19. The number of rotatable bonds is 3. The van der Waals surface area contributed by atoms with Crippen molar-refractivity contribution in [3.05, 3.63) is 59.7 Å². The van der Waals surface area contributed by atoms with Gasteiger partial charge in [0, 0.05) is 0 Å². The van der Waals surface area contributed by atoms with Gasteiger partial charge < -0.3 is 0 Å². The minimum absolute atomic E-state index is 0.248. The predicted molar refractivity (Wildman–Crippen MR) is 87.3 cm³/mol. The molecule has 0 saturated carbocycles. The first-order chi connectivity index (χ1) is 8.94. The summed E-state index contributed by atoms with van der Waals surface area (Å²) in [5.41, 5.74) is 2.71. The van der Waals surface area contributed by atoms with Crippen LogP contribution in [0.4, 0.5) is 0 Å². The van der Waals surface area contributed by atoms with Gasteiger partial charge in [-0.25, -0.2) is 0 Å². The Balaban J connectivity index is 2.54. The molecule has 0 atom stereocenters. The van der Waals surface area contributed by atoms with Crippen molar-refractivity contribution in [3.63, 3.8) is 0 Å². The quantitative estimate of drug-likeness (QED) is 0.851. The Hall–Kier alpha value is -1.17. The van der Waals surface area contributed by atoms with Crippen LogP contribution in [0.1, 0.15) is 25.0 Å². The summed E-state index contributed by atoms with van der Waals surface area (Å²) >= 11 is 0. The van der Waals surface area contributed by atoms with E-state index >= 15 is 0 Å². The summed E-state index contributed by atoms with van der Waals surface area (Å²) in [4.78, 5) is 11.4. The van der Waals surface area contributed by atoms with Gasteiger partial charge in [-0.3, -0.25) is 0 Å². The molecule has 2 aromatic rings. The van der Waals surface area contributed by atoms with Crippen molar-refractivity contribution in [3.8, 4) is 0 Å². The van der Waals surface area contributed by atoms with Crippen molar-refractivity contribution in [2.24, 2.45) is 0 Å². The monoisotopic (exact) mass is 274 g/mol. The molecule has 0 spiro atoms. The molecule has 2 rings (SSSR count). The van der Waals surface area contributed by atoms with Crippen LogP contribution in [0.2, 0.25) is 0 Å². The molecule has 0 fully saturated rings. The van der Waals surface area contributed by atoms with Crippen LogP contribution in [0.5, 0.6) is 0 Å². The van der Waals surface area contributed by atoms with Crippen LogP contribution in [-0.2, 0) is 0 Å². The molecule has 1 nitrogen and oxygen atoms in total. The van der Waals surface area contributed by atoms with Gasteiger partial charge in [-0.05, 0) is 0 Å². The molecule has 1 N–H and O–H groups in total. The first-order valence-corrected chi connectivity index (χ1v) is 8.83. The van der Waals surface area contributed by atoms with E-state index in [1.165, 1.54) is 11.1 Å². The normalized spacial score (nSPS) is 12.7. The molecule has 0 aliphatic carbocycles. The van der Waals surface area contributed by atoms with Crippen LogP contribution in [0.15, 0.2) is 48.5 Å². The van der Waals surface area contributed by atoms with Gasteiger partial charge in [0.1, 0.15) is 0 Å². The molecule has 0 heterocycles. The van der Waals surface area contributed by atoms with E-state index in [-0.39, 0.29) is 5.66 Å². The van der Waals surface area contributed by atoms with Crippen molar-refractivity contribution in [2.75, 3.05) is 0 Å². The van der Waals surface area contributed by atoms with E-state index in [4.69, 9.17) is 0 Å². The van der Waals surface area contributed by atoms with Gasteiger partial charge in [-0.15, -0.1) is 0 Å². The zero-order chi connectivity index (χ0) is 14.0. The number of hydrogen-bond acceptors (Lipinski definition) is 1. The third-order valence-electron chi connectivity index (χ3n) is 3.82. The Morgan fingerprint density at radius 2 is 1.05 bits per heavy atom. The molecule has 102 valence electrons. The fourth-order valence-electron chi connectivity index (χ4n) is 2.45. The maximum absolute atomic E-state index is 11.4. The van der Waals surface area contributed by atoms with Gasteiger partial charge in [0.2, 0.25) is 0 Å². The van der Waals surface area contributed by atoms with Crippen LogP contribution in [0.3, 0.4) is 0 Å². The van der Waals surface area contributed by atoms with E-state index in [1.807, 2.05) is 0 Å². The Labute approximate surface area is 116 Å². The van der Waals surface area contributed by atoms with Crippen LogP contribution in [-0.4, -0.2) is 10.6 Å². The SMILES string of the molecule is Cc1ccc([PH](O)(c2ccc(C)cc2)C(C)C)cc1. The molecule has 0 amide bonds. The van der Waals surface area contributed by atoms with E-state index < -0.39 is 7.49 Å². The van der Waals surface area contributed by atoms with Crippen molar-refractivity contribution in [1.29, 1.82) is 0 Å². The van der Waals surface area contributed by atoms with Gasteiger partial charge >= 0.3 is 116 Å². The molecule has 0 aliphatic rings. The molecule has 2 aromatic carbocycles. The molecule has 0 saturated heterocycles. The van der Waals surface area contributed by atoms with Crippen molar-refractivity contribution < 1.29 is 4.89 Å². The van der Waals surface area contributed by atoms with Crippen LogP contribution in [0, 0.1) is 13.8 Å². The summed E-state index contributed by atoms with van der Waals surface area (Å²) in [6.45, 7) is 8.38. The minimum atomic E-state index is -2.62. The van der Waals surface area contributed by atoms with Crippen molar-refractivity contribution in [1.82, 2.24) is 0 Å². The average molecular weight is 274 g/mol. The molecule has 2 heteroatoms. The summed E-state index contributed by atoms with van der Waals surface area (Å²) in [7, 11) is -2.62. The van der Waals surface area contributed by atoms with Gasteiger partial charge in [-0.1, -0.05) is 0 Å². The fourth-order valence-corrected chi connectivity index (χ4v) is 5.47. The van der Waals surface area contributed by atoms with Gasteiger partial charge in [0.15, 0.2) is 0 Å².